The first kappa shape index (κ1) is 27.5. The molecule has 0 aliphatic carbocycles. The third-order valence-corrected chi connectivity index (χ3v) is 7.36. The molecule has 0 bridgehead atoms. The van der Waals surface area contributed by atoms with Crippen LogP contribution in [0.1, 0.15) is 36.8 Å². The van der Waals surface area contributed by atoms with Gasteiger partial charge in [0.15, 0.2) is 11.2 Å². The number of carbonyl (C=O) groups is 1. The number of fused-ring (bicyclic) bond motifs is 2. The molecule has 0 unspecified atom stereocenters. The van der Waals surface area contributed by atoms with Crippen LogP contribution in [0.3, 0.4) is 0 Å². The lowest BCUT2D eigenvalue weighted by molar-refractivity contribution is -0.166. The summed E-state index contributed by atoms with van der Waals surface area (Å²) in [5, 5.41) is 14.0. The Kier molecular flexibility index (Phi) is 8.52. The van der Waals surface area contributed by atoms with Crippen molar-refractivity contribution in [2.75, 3.05) is 26.9 Å². The number of hydrogen-bond acceptors (Lipinski definition) is 7. The van der Waals surface area contributed by atoms with Crippen molar-refractivity contribution in [2.45, 2.75) is 38.4 Å². The third-order valence-electron chi connectivity index (χ3n) is 7.36. The van der Waals surface area contributed by atoms with E-state index in [-0.39, 0.29) is 23.7 Å². The van der Waals surface area contributed by atoms with Crippen molar-refractivity contribution in [2.24, 2.45) is 5.92 Å². The molecule has 3 N–H and O–H groups in total. The molecule has 2 aromatic heterocycles. The molecule has 5 rings (SSSR count). The third kappa shape index (κ3) is 5.61. The maximum atomic E-state index is 13.5. The summed E-state index contributed by atoms with van der Waals surface area (Å²) < 4.78 is 23.1. The summed E-state index contributed by atoms with van der Waals surface area (Å²) >= 11 is 0. The summed E-state index contributed by atoms with van der Waals surface area (Å²) in [7, 11) is 1.63. The monoisotopic (exact) mass is 546 g/mol. The van der Waals surface area contributed by atoms with Gasteiger partial charge >= 0.3 is 0 Å². The molecule has 40 heavy (non-hydrogen) atoms. The fourth-order valence-corrected chi connectivity index (χ4v) is 5.33. The van der Waals surface area contributed by atoms with Gasteiger partial charge in [-0.25, -0.2) is 0 Å². The van der Waals surface area contributed by atoms with Crippen LogP contribution in [0.25, 0.3) is 21.9 Å². The zero-order chi connectivity index (χ0) is 28.1. The van der Waals surface area contributed by atoms with E-state index in [9.17, 15) is 14.7 Å². The second kappa shape index (κ2) is 12.4. The van der Waals surface area contributed by atoms with Gasteiger partial charge in [-0.2, -0.15) is 0 Å². The van der Waals surface area contributed by atoms with Crippen molar-refractivity contribution < 1.29 is 28.5 Å². The average Bonchev–Trinajstić information content (AvgIpc) is 3.38. The second-order valence-corrected chi connectivity index (χ2v) is 9.78. The highest BCUT2D eigenvalue weighted by Gasteiger charge is 2.39. The molecule has 1 amide bonds. The van der Waals surface area contributed by atoms with Crippen molar-refractivity contribution in [3.8, 4) is 5.75 Å². The van der Waals surface area contributed by atoms with Crippen LogP contribution < -0.4 is 15.5 Å². The maximum absolute atomic E-state index is 13.5. The number of allylic oxidation sites excluding steroid dienone is 1. The number of nitrogens with one attached hydrogen (secondary N) is 2. The topological polar surface area (TPSA) is 123 Å². The Hall–Kier alpha value is -4.08. The summed E-state index contributed by atoms with van der Waals surface area (Å²) in [6, 6.07) is 12.9. The number of H-pyrrole nitrogens is 1. The molecule has 3 heterocycles. The summed E-state index contributed by atoms with van der Waals surface area (Å²) in [6.45, 7) is 2.57. The van der Waals surface area contributed by atoms with Crippen LogP contribution in [0, 0.1) is 5.92 Å². The van der Waals surface area contributed by atoms with Gasteiger partial charge in [0.25, 0.3) is 5.91 Å². The SMILES string of the molecule is CCO[C@@H]1OC(C(=O)NCCc2c[nH]c3ccc(OC)cc23)=C[C@H](c2coc3ccccc3c2=O)[C@@H]1CCCO. The van der Waals surface area contributed by atoms with E-state index in [0.717, 1.165) is 22.2 Å². The normalized spacial score (nSPS) is 18.9. The predicted octanol–water partition coefficient (Wildman–Crippen LogP) is 4.39. The molecule has 3 atom stereocenters. The smallest absolute Gasteiger partial charge is 0.286 e. The molecule has 9 heteroatoms. The minimum atomic E-state index is -0.765. The van der Waals surface area contributed by atoms with E-state index in [1.807, 2.05) is 37.4 Å². The molecule has 1 aliphatic heterocycles. The highest BCUT2D eigenvalue weighted by Crippen LogP contribution is 2.39. The Morgan fingerprint density at radius 1 is 1.18 bits per heavy atom. The first-order valence-corrected chi connectivity index (χ1v) is 13.6. The van der Waals surface area contributed by atoms with Gasteiger partial charge in [-0.15, -0.1) is 0 Å². The van der Waals surface area contributed by atoms with Crippen molar-refractivity contribution >= 4 is 27.8 Å². The molecule has 9 nitrogen and oxygen atoms in total. The fraction of sp³-hybridized carbons (Fsp3) is 0.355. The van der Waals surface area contributed by atoms with E-state index in [4.69, 9.17) is 18.6 Å². The molecule has 0 saturated heterocycles. The lowest BCUT2D eigenvalue weighted by Gasteiger charge is -2.36. The number of rotatable bonds is 11. The van der Waals surface area contributed by atoms with Gasteiger partial charge in [0.2, 0.25) is 6.29 Å². The van der Waals surface area contributed by atoms with Crippen LogP contribution >= 0.6 is 0 Å². The molecular weight excluding hydrogens is 512 g/mol. The largest absolute Gasteiger partial charge is 0.497 e. The van der Waals surface area contributed by atoms with Gasteiger partial charge < -0.3 is 34.0 Å². The number of carbonyl (C=O) groups excluding carboxylic acids is 1. The number of aliphatic hydroxyl groups is 1. The Morgan fingerprint density at radius 2 is 2.02 bits per heavy atom. The molecular formula is C31H34N2O7. The van der Waals surface area contributed by atoms with Crippen LogP contribution in [-0.4, -0.2) is 49.2 Å². The van der Waals surface area contributed by atoms with Crippen molar-refractivity contribution in [1.82, 2.24) is 10.3 Å². The summed E-state index contributed by atoms with van der Waals surface area (Å²) in [5.41, 5.74) is 2.80. The van der Waals surface area contributed by atoms with E-state index >= 15 is 0 Å². The molecule has 2 aromatic carbocycles. The number of methoxy groups -OCH3 is 1. The molecule has 0 radical (unpaired) electrons. The number of benzene rings is 2. The lowest BCUT2D eigenvalue weighted by Crippen LogP contribution is -2.40. The highest BCUT2D eigenvalue weighted by molar-refractivity contribution is 5.92. The quantitative estimate of drug-likeness (QED) is 0.255. The number of aromatic amines is 1. The van der Waals surface area contributed by atoms with Crippen LogP contribution in [0.5, 0.6) is 5.75 Å². The minimum absolute atomic E-state index is 0.00877. The fourth-order valence-electron chi connectivity index (χ4n) is 5.33. The predicted molar refractivity (Wildman–Crippen MR) is 151 cm³/mol. The first-order valence-electron chi connectivity index (χ1n) is 13.6. The lowest BCUT2D eigenvalue weighted by atomic mass is 9.81. The number of ether oxygens (including phenoxy) is 3. The van der Waals surface area contributed by atoms with E-state index in [1.54, 1.807) is 31.4 Å². The first-order chi connectivity index (χ1) is 19.5. The van der Waals surface area contributed by atoms with E-state index in [0.29, 0.717) is 48.9 Å². The Balaban J connectivity index is 1.40. The zero-order valence-corrected chi connectivity index (χ0v) is 22.6. The van der Waals surface area contributed by atoms with E-state index < -0.39 is 18.1 Å². The Morgan fingerprint density at radius 3 is 2.83 bits per heavy atom. The van der Waals surface area contributed by atoms with Gasteiger partial charge in [0.1, 0.15) is 11.3 Å². The van der Waals surface area contributed by atoms with Crippen LogP contribution in [-0.2, 0) is 20.7 Å². The summed E-state index contributed by atoms with van der Waals surface area (Å²) in [5.74, 6) is -0.330. The van der Waals surface area contributed by atoms with Gasteiger partial charge in [-0.1, -0.05) is 12.1 Å². The summed E-state index contributed by atoms with van der Waals surface area (Å²) in [4.78, 5) is 30.1. The van der Waals surface area contributed by atoms with Crippen LogP contribution in [0.2, 0.25) is 0 Å². The number of aromatic nitrogens is 1. The minimum Gasteiger partial charge on any atom is -0.497 e. The van der Waals surface area contributed by atoms with Crippen LogP contribution in [0.15, 0.2) is 76.0 Å². The molecule has 4 aromatic rings. The van der Waals surface area contributed by atoms with Crippen LogP contribution in [0.4, 0.5) is 0 Å². The maximum Gasteiger partial charge on any atom is 0.286 e. The van der Waals surface area contributed by atoms with Gasteiger partial charge in [0.05, 0.1) is 18.8 Å². The Bertz CT molecular complexity index is 1570. The number of hydrogen-bond donors (Lipinski definition) is 3. The highest BCUT2D eigenvalue weighted by atomic mass is 16.7. The molecule has 0 fully saturated rings. The van der Waals surface area contributed by atoms with Gasteiger partial charge in [-0.05, 0) is 68.2 Å². The van der Waals surface area contributed by atoms with Gasteiger partial charge in [-0.3, -0.25) is 9.59 Å². The second-order valence-electron chi connectivity index (χ2n) is 9.78. The molecule has 0 spiro atoms. The number of amides is 1. The molecule has 210 valence electrons. The molecule has 1 aliphatic rings. The van der Waals surface area contributed by atoms with Crippen molar-refractivity contribution in [3.05, 3.63) is 88.1 Å². The zero-order valence-electron chi connectivity index (χ0n) is 22.6. The molecule has 0 saturated carbocycles. The van der Waals surface area contributed by atoms with Gasteiger partial charge in [0, 0.05) is 54.3 Å². The Labute approximate surface area is 231 Å². The summed E-state index contributed by atoms with van der Waals surface area (Å²) in [6.07, 6.45) is 5.94. The van der Waals surface area contributed by atoms with E-state index in [1.165, 1.54) is 6.26 Å². The number of aliphatic hydroxyl groups excluding tert-OH is 1. The number of para-hydroxylation sites is 1. The van der Waals surface area contributed by atoms with Crippen molar-refractivity contribution in [1.29, 1.82) is 0 Å². The standard InChI is InChI=1S/C31H34N2O7/c1-3-38-31-21(8-6-14-34)24(25-18-39-27-9-5-4-7-22(27)29(25)35)16-28(40-31)30(36)32-13-12-19-17-33-26-11-10-20(37-2)15-23(19)26/h4-5,7,9-11,15-18,21,24,31,33-34H,3,6,8,12-14H2,1-2H3,(H,32,36)/t21-,24-,31+/m0/s1. The van der Waals surface area contributed by atoms with E-state index in [2.05, 4.69) is 10.3 Å². The van der Waals surface area contributed by atoms with Crippen molar-refractivity contribution in [3.63, 3.8) is 0 Å². The average molecular weight is 547 g/mol.